The predicted octanol–water partition coefficient (Wildman–Crippen LogP) is 3.42. The van der Waals surface area contributed by atoms with Crippen LogP contribution in [0, 0.1) is 5.92 Å². The van der Waals surface area contributed by atoms with E-state index in [1.807, 2.05) is 0 Å². The smallest absolute Gasteiger partial charge is 0.0169 e. The lowest BCUT2D eigenvalue weighted by Gasteiger charge is -2.32. The lowest BCUT2D eigenvalue weighted by Crippen LogP contribution is -2.44. The summed E-state index contributed by atoms with van der Waals surface area (Å²) in [6, 6.07) is 1.48. The number of hydrogen-bond acceptors (Lipinski definition) is 2. The highest BCUT2D eigenvalue weighted by molar-refractivity contribution is 4.81. The topological polar surface area (TPSA) is 15.3 Å². The van der Waals surface area contributed by atoms with E-state index >= 15 is 0 Å². The highest BCUT2D eigenvalue weighted by Crippen LogP contribution is 2.27. The summed E-state index contributed by atoms with van der Waals surface area (Å²) >= 11 is 0. The largest absolute Gasteiger partial charge is 0.310 e. The summed E-state index contributed by atoms with van der Waals surface area (Å²) in [4.78, 5) is 2.63. The van der Waals surface area contributed by atoms with Crippen molar-refractivity contribution in [2.75, 3.05) is 19.6 Å². The number of nitrogens with zero attached hydrogens (tertiary/aromatic N) is 1. The van der Waals surface area contributed by atoms with Crippen molar-refractivity contribution in [3.05, 3.63) is 0 Å². The van der Waals surface area contributed by atoms with Crippen molar-refractivity contribution >= 4 is 0 Å². The Morgan fingerprint density at radius 1 is 1.11 bits per heavy atom. The summed E-state index contributed by atoms with van der Waals surface area (Å²) in [7, 11) is 0. The SMILES string of the molecule is CCCC1CCC(NC(C)CN2CCCC2)CC1. The fourth-order valence-corrected chi connectivity index (χ4v) is 3.83. The second kappa shape index (κ2) is 7.49. The molecule has 1 saturated heterocycles. The third kappa shape index (κ3) is 4.55. The summed E-state index contributed by atoms with van der Waals surface area (Å²) in [5.41, 5.74) is 0. The molecule has 2 aliphatic rings. The van der Waals surface area contributed by atoms with Crippen LogP contribution in [-0.4, -0.2) is 36.6 Å². The molecular formula is C16H32N2. The first-order chi connectivity index (χ1) is 8.78. The molecule has 0 radical (unpaired) electrons. The molecule has 1 aliphatic carbocycles. The molecule has 1 unspecified atom stereocenters. The van der Waals surface area contributed by atoms with Crippen molar-refractivity contribution in [1.82, 2.24) is 10.2 Å². The van der Waals surface area contributed by atoms with Crippen LogP contribution in [0.2, 0.25) is 0 Å². The van der Waals surface area contributed by atoms with Gasteiger partial charge in [0.25, 0.3) is 0 Å². The quantitative estimate of drug-likeness (QED) is 0.779. The van der Waals surface area contributed by atoms with Crippen LogP contribution < -0.4 is 5.32 Å². The second-order valence-electron chi connectivity index (χ2n) is 6.58. The third-order valence-corrected chi connectivity index (χ3v) is 4.79. The minimum Gasteiger partial charge on any atom is -0.310 e. The molecule has 1 aliphatic heterocycles. The molecule has 18 heavy (non-hydrogen) atoms. The minimum absolute atomic E-state index is 0.677. The maximum atomic E-state index is 3.87. The molecule has 0 aromatic heterocycles. The molecule has 1 saturated carbocycles. The molecule has 0 aromatic carbocycles. The lowest BCUT2D eigenvalue weighted by atomic mass is 9.83. The predicted molar refractivity (Wildman–Crippen MR) is 78.9 cm³/mol. The zero-order valence-electron chi connectivity index (χ0n) is 12.5. The lowest BCUT2D eigenvalue weighted by molar-refractivity contribution is 0.237. The van der Waals surface area contributed by atoms with Crippen molar-refractivity contribution in [2.24, 2.45) is 5.92 Å². The maximum absolute atomic E-state index is 3.87. The van der Waals surface area contributed by atoms with E-state index in [9.17, 15) is 0 Å². The molecule has 2 heteroatoms. The fraction of sp³-hybridized carbons (Fsp3) is 1.00. The van der Waals surface area contributed by atoms with Crippen LogP contribution in [0.1, 0.15) is 65.2 Å². The van der Waals surface area contributed by atoms with Gasteiger partial charge in [-0.3, -0.25) is 0 Å². The highest BCUT2D eigenvalue weighted by Gasteiger charge is 2.22. The zero-order valence-corrected chi connectivity index (χ0v) is 12.5. The summed E-state index contributed by atoms with van der Waals surface area (Å²) in [6.07, 6.45) is 11.4. The first-order valence-corrected chi connectivity index (χ1v) is 8.26. The van der Waals surface area contributed by atoms with Crippen molar-refractivity contribution in [1.29, 1.82) is 0 Å². The van der Waals surface area contributed by atoms with Crippen LogP contribution in [0.25, 0.3) is 0 Å². The second-order valence-corrected chi connectivity index (χ2v) is 6.58. The van der Waals surface area contributed by atoms with Crippen molar-refractivity contribution in [2.45, 2.75) is 77.3 Å². The van der Waals surface area contributed by atoms with E-state index in [1.54, 1.807) is 0 Å². The van der Waals surface area contributed by atoms with Gasteiger partial charge in [-0.15, -0.1) is 0 Å². The Balaban J connectivity index is 1.61. The van der Waals surface area contributed by atoms with Crippen LogP contribution in [0.4, 0.5) is 0 Å². The van der Waals surface area contributed by atoms with Gasteiger partial charge < -0.3 is 10.2 Å². The standard InChI is InChI=1S/C16H32N2/c1-3-6-15-7-9-16(10-8-15)17-14(2)13-18-11-4-5-12-18/h14-17H,3-13H2,1-2H3. The Kier molecular flexibility index (Phi) is 5.97. The number of likely N-dealkylation sites (tertiary alicyclic amines) is 1. The minimum atomic E-state index is 0.677. The average molecular weight is 252 g/mol. The van der Waals surface area contributed by atoms with E-state index in [-0.39, 0.29) is 0 Å². The molecule has 1 N–H and O–H groups in total. The molecule has 2 rings (SSSR count). The molecular weight excluding hydrogens is 220 g/mol. The normalized spacial score (nSPS) is 31.7. The van der Waals surface area contributed by atoms with Gasteiger partial charge in [-0.2, -0.15) is 0 Å². The van der Waals surface area contributed by atoms with Gasteiger partial charge in [0.1, 0.15) is 0 Å². The first-order valence-electron chi connectivity index (χ1n) is 8.26. The summed E-state index contributed by atoms with van der Waals surface area (Å²) in [5, 5.41) is 3.87. The maximum Gasteiger partial charge on any atom is 0.0169 e. The van der Waals surface area contributed by atoms with Crippen LogP contribution in [0.15, 0.2) is 0 Å². The Morgan fingerprint density at radius 3 is 2.39 bits per heavy atom. The van der Waals surface area contributed by atoms with Crippen LogP contribution in [0.5, 0.6) is 0 Å². The Bertz CT molecular complexity index is 215. The van der Waals surface area contributed by atoms with E-state index < -0.39 is 0 Å². The van der Waals surface area contributed by atoms with Gasteiger partial charge in [0.05, 0.1) is 0 Å². The van der Waals surface area contributed by atoms with Gasteiger partial charge in [-0.25, -0.2) is 0 Å². The van der Waals surface area contributed by atoms with Gasteiger partial charge in [0.15, 0.2) is 0 Å². The third-order valence-electron chi connectivity index (χ3n) is 4.79. The van der Waals surface area contributed by atoms with Crippen molar-refractivity contribution < 1.29 is 0 Å². The van der Waals surface area contributed by atoms with E-state index in [4.69, 9.17) is 0 Å². The molecule has 2 nitrogen and oxygen atoms in total. The molecule has 1 atom stereocenters. The van der Waals surface area contributed by atoms with E-state index in [0.29, 0.717) is 6.04 Å². The van der Waals surface area contributed by atoms with Crippen LogP contribution >= 0.6 is 0 Å². The first kappa shape index (κ1) is 14.3. The van der Waals surface area contributed by atoms with Gasteiger partial charge in [0.2, 0.25) is 0 Å². The van der Waals surface area contributed by atoms with Gasteiger partial charge in [-0.05, 0) is 64.5 Å². The molecule has 2 fully saturated rings. The highest BCUT2D eigenvalue weighted by atomic mass is 15.2. The average Bonchev–Trinajstić information content (AvgIpc) is 2.84. The fourth-order valence-electron chi connectivity index (χ4n) is 3.83. The van der Waals surface area contributed by atoms with Crippen LogP contribution in [0.3, 0.4) is 0 Å². The zero-order chi connectivity index (χ0) is 12.8. The van der Waals surface area contributed by atoms with Gasteiger partial charge in [0, 0.05) is 18.6 Å². The molecule has 106 valence electrons. The molecule has 0 aromatic rings. The van der Waals surface area contributed by atoms with Gasteiger partial charge in [-0.1, -0.05) is 19.8 Å². The molecule has 0 spiro atoms. The van der Waals surface area contributed by atoms with Crippen molar-refractivity contribution in [3.8, 4) is 0 Å². The Hall–Kier alpha value is -0.0800. The number of rotatable bonds is 6. The summed E-state index contributed by atoms with van der Waals surface area (Å²) in [6.45, 7) is 8.61. The van der Waals surface area contributed by atoms with E-state index in [0.717, 1.165) is 12.0 Å². The molecule has 0 amide bonds. The van der Waals surface area contributed by atoms with E-state index in [1.165, 1.54) is 71.0 Å². The number of nitrogens with one attached hydrogen (secondary N) is 1. The Labute approximate surface area is 114 Å². The monoisotopic (exact) mass is 252 g/mol. The summed E-state index contributed by atoms with van der Waals surface area (Å²) in [5.74, 6) is 1.03. The van der Waals surface area contributed by atoms with E-state index in [2.05, 4.69) is 24.1 Å². The number of hydrogen-bond donors (Lipinski definition) is 1. The van der Waals surface area contributed by atoms with Gasteiger partial charge >= 0.3 is 0 Å². The molecule has 1 heterocycles. The molecule has 0 bridgehead atoms. The van der Waals surface area contributed by atoms with Crippen molar-refractivity contribution in [3.63, 3.8) is 0 Å². The van der Waals surface area contributed by atoms with Crippen LogP contribution in [-0.2, 0) is 0 Å². The summed E-state index contributed by atoms with van der Waals surface area (Å²) < 4.78 is 0. The Morgan fingerprint density at radius 2 is 1.78 bits per heavy atom.